The van der Waals surface area contributed by atoms with Crippen molar-refractivity contribution in [3.63, 3.8) is 0 Å². The predicted octanol–water partition coefficient (Wildman–Crippen LogP) is 1.38. The highest BCUT2D eigenvalue weighted by Gasteiger charge is 2.23. The summed E-state index contributed by atoms with van der Waals surface area (Å²) in [4.78, 5) is 11.2. The highest BCUT2D eigenvalue weighted by molar-refractivity contribution is 5.89. The first kappa shape index (κ1) is 8.94. The summed E-state index contributed by atoms with van der Waals surface area (Å²) in [5.41, 5.74) is 5.19. The van der Waals surface area contributed by atoms with Gasteiger partial charge in [0.15, 0.2) is 12.0 Å². The van der Waals surface area contributed by atoms with Crippen LogP contribution in [0.25, 0.3) is 5.43 Å². The molecular weight excluding hydrogens is 176 g/mol. The van der Waals surface area contributed by atoms with Crippen LogP contribution in [0.15, 0.2) is 30.3 Å². The van der Waals surface area contributed by atoms with Gasteiger partial charge in [-0.3, -0.25) is 9.48 Å². The van der Waals surface area contributed by atoms with Gasteiger partial charge >= 0.3 is 0 Å². The Hall–Kier alpha value is -1.64. The molecule has 0 radical (unpaired) electrons. The van der Waals surface area contributed by atoms with E-state index >= 15 is 0 Å². The number of carbonyl (C=O) groups is 1. The SMILES string of the molecule is CC1C(=O)C[N-]/[N+]1=C\c1ccccc1. The lowest BCUT2D eigenvalue weighted by Gasteiger charge is -2.07. The third kappa shape index (κ3) is 1.66. The normalized spacial score (nSPS) is 23.9. The highest BCUT2D eigenvalue weighted by atomic mass is 16.1. The van der Waals surface area contributed by atoms with Crippen LogP contribution in [0, 0.1) is 0 Å². The quantitative estimate of drug-likeness (QED) is 0.613. The van der Waals surface area contributed by atoms with E-state index < -0.39 is 0 Å². The molecule has 1 heterocycles. The van der Waals surface area contributed by atoms with Gasteiger partial charge in [-0.1, -0.05) is 18.2 Å². The number of Topliss-reactive ketones (excluding diaryl/α,β-unsaturated/α-hetero) is 1. The van der Waals surface area contributed by atoms with E-state index in [1.54, 1.807) is 4.68 Å². The summed E-state index contributed by atoms with van der Waals surface area (Å²) in [6.45, 7) is 2.18. The number of benzene rings is 1. The van der Waals surface area contributed by atoms with Gasteiger partial charge in [-0.15, -0.1) is 0 Å². The van der Waals surface area contributed by atoms with Gasteiger partial charge in [0.05, 0.1) is 0 Å². The van der Waals surface area contributed by atoms with Gasteiger partial charge in [-0.2, -0.15) is 0 Å². The smallest absolute Gasteiger partial charge is 0.201 e. The summed E-state index contributed by atoms with van der Waals surface area (Å²) in [5, 5.41) is 0. The van der Waals surface area contributed by atoms with Gasteiger partial charge < -0.3 is 5.43 Å². The minimum Gasteiger partial charge on any atom is -0.432 e. The standard InChI is InChI=1S/C11H12N2O/c1-9-11(14)7-12-13(9)8-10-5-3-2-4-6-10/h2-6,8-9H,7H2,1H3/b13-8-. The van der Waals surface area contributed by atoms with Crippen molar-refractivity contribution >= 4 is 12.0 Å². The Balaban J connectivity index is 2.24. The van der Waals surface area contributed by atoms with Crippen LogP contribution in [0.5, 0.6) is 0 Å². The van der Waals surface area contributed by atoms with E-state index in [4.69, 9.17) is 0 Å². The molecule has 1 aromatic carbocycles. The molecule has 1 fully saturated rings. The second-order valence-corrected chi connectivity index (χ2v) is 3.36. The van der Waals surface area contributed by atoms with Gasteiger partial charge in [0.2, 0.25) is 6.04 Å². The third-order valence-corrected chi connectivity index (χ3v) is 2.33. The van der Waals surface area contributed by atoms with Gasteiger partial charge in [-0.25, -0.2) is 0 Å². The molecule has 0 spiro atoms. The second-order valence-electron chi connectivity index (χ2n) is 3.36. The first-order valence-electron chi connectivity index (χ1n) is 4.66. The summed E-state index contributed by atoms with van der Waals surface area (Å²) in [6, 6.07) is 9.77. The fraction of sp³-hybridized carbons (Fsp3) is 0.273. The topological polar surface area (TPSA) is 34.2 Å². The zero-order valence-electron chi connectivity index (χ0n) is 8.05. The molecule has 0 aromatic heterocycles. The fourth-order valence-electron chi connectivity index (χ4n) is 1.40. The first-order chi connectivity index (χ1) is 6.77. The Morgan fingerprint density at radius 1 is 1.43 bits per heavy atom. The van der Waals surface area contributed by atoms with Crippen molar-refractivity contribution in [1.29, 1.82) is 0 Å². The lowest BCUT2D eigenvalue weighted by atomic mass is 10.2. The minimum absolute atomic E-state index is 0.116. The maximum atomic E-state index is 11.2. The summed E-state index contributed by atoms with van der Waals surface area (Å²) in [6.07, 6.45) is 1.90. The Labute approximate surface area is 83.0 Å². The molecule has 3 nitrogen and oxygen atoms in total. The first-order valence-corrected chi connectivity index (χ1v) is 4.66. The summed E-state index contributed by atoms with van der Waals surface area (Å²) in [5.74, 6) is 0.178. The van der Waals surface area contributed by atoms with Crippen molar-refractivity contribution in [1.82, 2.24) is 0 Å². The van der Waals surface area contributed by atoms with E-state index in [-0.39, 0.29) is 11.8 Å². The van der Waals surface area contributed by atoms with Crippen molar-refractivity contribution < 1.29 is 9.48 Å². The molecule has 3 heteroatoms. The van der Waals surface area contributed by atoms with E-state index in [1.165, 1.54) is 0 Å². The third-order valence-electron chi connectivity index (χ3n) is 2.33. The van der Waals surface area contributed by atoms with Crippen LogP contribution < -0.4 is 0 Å². The van der Waals surface area contributed by atoms with Crippen LogP contribution in [-0.2, 0) is 4.79 Å². The number of hydrogen-bond acceptors (Lipinski definition) is 1. The molecule has 1 unspecified atom stereocenters. The molecule has 0 bridgehead atoms. The minimum atomic E-state index is -0.116. The van der Waals surface area contributed by atoms with Gasteiger partial charge in [0.1, 0.15) is 0 Å². The maximum absolute atomic E-state index is 11.2. The fourth-order valence-corrected chi connectivity index (χ4v) is 1.40. The summed E-state index contributed by atoms with van der Waals surface area (Å²) < 4.78 is 1.73. The molecule has 72 valence electrons. The highest BCUT2D eigenvalue weighted by Crippen LogP contribution is 2.10. The second kappa shape index (κ2) is 3.62. The van der Waals surface area contributed by atoms with E-state index in [0.717, 1.165) is 5.56 Å². The van der Waals surface area contributed by atoms with Crippen molar-refractivity contribution in [3.8, 4) is 0 Å². The van der Waals surface area contributed by atoms with Crippen molar-refractivity contribution in [2.45, 2.75) is 13.0 Å². The Morgan fingerprint density at radius 2 is 2.14 bits per heavy atom. The van der Waals surface area contributed by atoms with Crippen LogP contribution in [0.1, 0.15) is 12.5 Å². The molecule has 0 N–H and O–H groups in total. The van der Waals surface area contributed by atoms with Crippen molar-refractivity contribution in [2.24, 2.45) is 0 Å². The monoisotopic (exact) mass is 188 g/mol. The van der Waals surface area contributed by atoms with Gasteiger partial charge in [0, 0.05) is 12.5 Å². The molecule has 1 aromatic rings. The number of ketones is 1. The molecule has 1 aliphatic rings. The van der Waals surface area contributed by atoms with Crippen molar-refractivity contribution in [3.05, 3.63) is 41.3 Å². The number of carbonyl (C=O) groups excluding carboxylic acids is 1. The summed E-state index contributed by atoms with van der Waals surface area (Å²) >= 11 is 0. The Bertz CT molecular complexity index is 370. The Morgan fingerprint density at radius 3 is 2.71 bits per heavy atom. The van der Waals surface area contributed by atoms with Crippen molar-refractivity contribution in [2.75, 3.05) is 6.54 Å². The largest absolute Gasteiger partial charge is 0.432 e. The molecular formula is C11H12N2O. The molecule has 2 rings (SSSR count). The average molecular weight is 188 g/mol. The molecule has 0 saturated carbocycles. The molecule has 1 aliphatic heterocycles. The molecule has 0 amide bonds. The van der Waals surface area contributed by atoms with E-state index in [9.17, 15) is 4.79 Å². The number of hydrogen-bond donors (Lipinski definition) is 0. The van der Waals surface area contributed by atoms with E-state index in [0.29, 0.717) is 6.54 Å². The van der Waals surface area contributed by atoms with Gasteiger partial charge in [0.25, 0.3) is 0 Å². The van der Waals surface area contributed by atoms with E-state index in [2.05, 4.69) is 5.43 Å². The zero-order valence-corrected chi connectivity index (χ0v) is 8.05. The molecule has 0 aliphatic carbocycles. The lowest BCUT2D eigenvalue weighted by molar-refractivity contribution is -0.483. The van der Waals surface area contributed by atoms with Crippen LogP contribution in [0.4, 0.5) is 0 Å². The maximum Gasteiger partial charge on any atom is 0.201 e. The van der Waals surface area contributed by atoms with Crippen LogP contribution in [-0.4, -0.2) is 29.3 Å². The number of rotatable bonds is 1. The predicted molar refractivity (Wildman–Crippen MR) is 54.6 cm³/mol. The summed E-state index contributed by atoms with van der Waals surface area (Å²) in [7, 11) is 0. The number of nitrogens with zero attached hydrogens (tertiary/aromatic N) is 2. The molecule has 1 atom stereocenters. The lowest BCUT2D eigenvalue weighted by Crippen LogP contribution is -2.20. The molecule has 14 heavy (non-hydrogen) atoms. The zero-order chi connectivity index (χ0) is 9.97. The van der Waals surface area contributed by atoms with E-state index in [1.807, 2.05) is 43.5 Å². The molecule has 1 saturated heterocycles. The van der Waals surface area contributed by atoms with Crippen LogP contribution in [0.2, 0.25) is 0 Å². The average Bonchev–Trinajstić information content (AvgIpc) is 2.52. The van der Waals surface area contributed by atoms with Gasteiger partial charge in [-0.05, 0) is 18.7 Å². The Kier molecular flexibility index (Phi) is 2.31. The van der Waals surface area contributed by atoms with Crippen LogP contribution in [0.3, 0.4) is 0 Å². The van der Waals surface area contributed by atoms with Crippen LogP contribution >= 0.6 is 0 Å².